The molecule has 5 nitrogen and oxygen atoms in total. The van der Waals surface area contributed by atoms with E-state index in [2.05, 4.69) is 34.6 Å². The van der Waals surface area contributed by atoms with Gasteiger partial charge >= 0.3 is 5.97 Å². The van der Waals surface area contributed by atoms with Crippen molar-refractivity contribution >= 4 is 5.97 Å². The van der Waals surface area contributed by atoms with Crippen LogP contribution in [-0.4, -0.2) is 46.0 Å². The number of hydrogen-bond donors (Lipinski definition) is 1. The van der Waals surface area contributed by atoms with Gasteiger partial charge in [0.25, 0.3) is 0 Å². The summed E-state index contributed by atoms with van der Waals surface area (Å²) in [6.07, 6.45) is 19.9. The van der Waals surface area contributed by atoms with E-state index in [0.717, 1.165) is 44.6 Å². The second kappa shape index (κ2) is 17.0. The maximum Gasteiger partial charge on any atom is 0.325 e. The smallest absolute Gasteiger partial charge is 0.325 e. The van der Waals surface area contributed by atoms with E-state index in [1.165, 1.54) is 70.6 Å². The van der Waals surface area contributed by atoms with Crippen LogP contribution in [0.5, 0.6) is 0 Å². The summed E-state index contributed by atoms with van der Waals surface area (Å²) in [6, 6.07) is 0. The fourth-order valence-electron chi connectivity index (χ4n) is 5.68. The van der Waals surface area contributed by atoms with Crippen molar-refractivity contribution in [3.63, 3.8) is 0 Å². The number of hydrogen-bond acceptors (Lipinski definition) is 5. The molecule has 1 atom stereocenters. The molecule has 1 N–H and O–H groups in total. The lowest BCUT2D eigenvalue weighted by molar-refractivity contribution is -0.265. The fourth-order valence-corrected chi connectivity index (χ4v) is 5.68. The Kier molecular flexibility index (Phi) is 15.8. The Morgan fingerprint density at radius 3 is 1.97 bits per heavy atom. The van der Waals surface area contributed by atoms with Crippen molar-refractivity contribution in [1.82, 2.24) is 5.06 Å². The Labute approximate surface area is 224 Å². The zero-order chi connectivity index (χ0) is 27.1. The summed E-state index contributed by atoms with van der Waals surface area (Å²) in [4.78, 5) is 18.3. The van der Waals surface area contributed by atoms with Gasteiger partial charge in [-0.2, -0.15) is 0 Å². The molecular formula is C31H61NO4. The third-order valence-corrected chi connectivity index (χ3v) is 7.69. The van der Waals surface area contributed by atoms with Gasteiger partial charge in [-0.25, -0.2) is 0 Å². The number of nitrogens with zero attached hydrogens (tertiary/aromatic N) is 1. The molecule has 214 valence electrons. The average Bonchev–Trinajstić information content (AvgIpc) is 2.77. The molecule has 0 aromatic heterocycles. The lowest BCUT2D eigenvalue weighted by atomic mass is 9.82. The summed E-state index contributed by atoms with van der Waals surface area (Å²) in [5.41, 5.74) is -0.901. The number of carbonyl (C=O) groups is 1. The standard InChI is InChI=1S/C31H61NO4/c1-8-9-19-27(21-17-25-35-26-31(6,7)34)20-15-13-11-10-12-14-16-22-28(33)36-32-29(2,3)23-18-24-30(32,4)5/h27,34H,8-26H2,1-7H3. The molecule has 0 aliphatic carbocycles. The maximum atomic E-state index is 12.5. The van der Waals surface area contributed by atoms with Crippen LogP contribution in [0.25, 0.3) is 0 Å². The molecule has 1 unspecified atom stereocenters. The van der Waals surface area contributed by atoms with Crippen molar-refractivity contribution in [3.8, 4) is 0 Å². The van der Waals surface area contributed by atoms with Gasteiger partial charge in [-0.1, -0.05) is 71.1 Å². The molecule has 1 heterocycles. The first kappa shape index (κ1) is 33.4. The van der Waals surface area contributed by atoms with Gasteiger partial charge in [0.2, 0.25) is 0 Å². The molecule has 0 aromatic rings. The van der Waals surface area contributed by atoms with Gasteiger partial charge in [-0.05, 0) is 86.0 Å². The van der Waals surface area contributed by atoms with E-state index in [9.17, 15) is 9.90 Å². The first-order chi connectivity index (χ1) is 16.9. The lowest BCUT2D eigenvalue weighted by Crippen LogP contribution is -2.58. The van der Waals surface area contributed by atoms with Crippen LogP contribution in [0.2, 0.25) is 0 Å². The SMILES string of the molecule is CCCCC(CCCCCCCCCC(=O)ON1C(C)(C)CCCC1(C)C)CCCOCC(C)(C)O. The van der Waals surface area contributed by atoms with Crippen molar-refractivity contribution in [2.75, 3.05) is 13.2 Å². The van der Waals surface area contributed by atoms with E-state index >= 15 is 0 Å². The largest absolute Gasteiger partial charge is 0.388 e. The van der Waals surface area contributed by atoms with E-state index in [4.69, 9.17) is 9.57 Å². The number of ether oxygens (including phenoxy) is 1. The molecule has 36 heavy (non-hydrogen) atoms. The van der Waals surface area contributed by atoms with Crippen molar-refractivity contribution in [3.05, 3.63) is 0 Å². The third kappa shape index (κ3) is 14.9. The Morgan fingerprint density at radius 2 is 1.39 bits per heavy atom. The maximum absolute atomic E-state index is 12.5. The Morgan fingerprint density at radius 1 is 0.861 bits per heavy atom. The molecule has 0 amide bonds. The number of carbonyl (C=O) groups excluding carboxylic acids is 1. The first-order valence-corrected chi connectivity index (χ1v) is 15.2. The predicted molar refractivity (Wildman–Crippen MR) is 151 cm³/mol. The molecule has 1 rings (SSSR count). The molecule has 0 aromatic carbocycles. The molecule has 0 bridgehead atoms. The molecular weight excluding hydrogens is 450 g/mol. The lowest BCUT2D eigenvalue weighted by Gasteiger charge is -2.50. The topological polar surface area (TPSA) is 59.0 Å². The van der Waals surface area contributed by atoms with Crippen LogP contribution in [0.3, 0.4) is 0 Å². The highest BCUT2D eigenvalue weighted by Crippen LogP contribution is 2.38. The second-order valence-corrected chi connectivity index (χ2v) is 13.3. The highest BCUT2D eigenvalue weighted by atomic mass is 16.7. The highest BCUT2D eigenvalue weighted by Gasteiger charge is 2.44. The van der Waals surface area contributed by atoms with Gasteiger partial charge in [0.1, 0.15) is 0 Å². The minimum absolute atomic E-state index is 0.0679. The van der Waals surface area contributed by atoms with Gasteiger partial charge < -0.3 is 14.7 Å². The molecule has 0 spiro atoms. The van der Waals surface area contributed by atoms with E-state index in [0.29, 0.717) is 13.0 Å². The first-order valence-electron chi connectivity index (χ1n) is 15.2. The number of hydroxylamine groups is 2. The highest BCUT2D eigenvalue weighted by molar-refractivity contribution is 5.69. The van der Waals surface area contributed by atoms with Gasteiger partial charge in [0.05, 0.1) is 23.3 Å². The van der Waals surface area contributed by atoms with E-state index < -0.39 is 5.60 Å². The molecule has 0 saturated carbocycles. The van der Waals surface area contributed by atoms with Gasteiger partial charge in [-0.3, -0.25) is 4.79 Å². The molecule has 1 aliphatic heterocycles. The van der Waals surface area contributed by atoms with E-state index in [1.807, 2.05) is 5.06 Å². The minimum Gasteiger partial charge on any atom is -0.388 e. The molecule has 0 radical (unpaired) electrons. The predicted octanol–water partition coefficient (Wildman–Crippen LogP) is 8.37. The van der Waals surface area contributed by atoms with Crippen LogP contribution in [0.15, 0.2) is 0 Å². The van der Waals surface area contributed by atoms with Crippen molar-refractivity contribution in [1.29, 1.82) is 0 Å². The van der Waals surface area contributed by atoms with E-state index in [-0.39, 0.29) is 17.0 Å². The summed E-state index contributed by atoms with van der Waals surface area (Å²) in [6.45, 7) is 15.8. The van der Waals surface area contributed by atoms with Crippen LogP contribution < -0.4 is 0 Å². The van der Waals surface area contributed by atoms with Crippen LogP contribution in [-0.2, 0) is 14.4 Å². The summed E-state index contributed by atoms with van der Waals surface area (Å²) in [7, 11) is 0. The van der Waals surface area contributed by atoms with Crippen LogP contribution in [0.4, 0.5) is 0 Å². The zero-order valence-electron chi connectivity index (χ0n) is 25.1. The van der Waals surface area contributed by atoms with Crippen molar-refractivity contribution in [2.45, 2.75) is 174 Å². The molecule has 1 saturated heterocycles. The van der Waals surface area contributed by atoms with Gasteiger partial charge in [0.15, 0.2) is 0 Å². The molecule has 1 aliphatic rings. The summed E-state index contributed by atoms with van der Waals surface area (Å²) in [5, 5.41) is 11.7. The Hall–Kier alpha value is -0.650. The normalized spacial score (nSPS) is 18.8. The van der Waals surface area contributed by atoms with Gasteiger partial charge in [0, 0.05) is 13.0 Å². The van der Waals surface area contributed by atoms with Crippen molar-refractivity contribution < 1.29 is 19.5 Å². The Bertz CT molecular complexity index is 566. The molecule has 5 heteroatoms. The van der Waals surface area contributed by atoms with Gasteiger partial charge in [-0.15, -0.1) is 5.06 Å². The summed E-state index contributed by atoms with van der Waals surface area (Å²) < 4.78 is 5.63. The van der Waals surface area contributed by atoms with E-state index in [1.54, 1.807) is 13.8 Å². The monoisotopic (exact) mass is 511 g/mol. The summed E-state index contributed by atoms with van der Waals surface area (Å²) in [5.74, 6) is 0.748. The number of piperidine rings is 1. The zero-order valence-corrected chi connectivity index (χ0v) is 25.1. The summed E-state index contributed by atoms with van der Waals surface area (Å²) >= 11 is 0. The minimum atomic E-state index is -0.730. The number of rotatable bonds is 20. The van der Waals surface area contributed by atoms with Crippen molar-refractivity contribution in [2.24, 2.45) is 5.92 Å². The number of unbranched alkanes of at least 4 members (excludes halogenated alkanes) is 7. The van der Waals surface area contributed by atoms with Crippen LogP contribution in [0, 0.1) is 5.92 Å². The average molecular weight is 512 g/mol. The number of aliphatic hydroxyl groups is 1. The fraction of sp³-hybridized carbons (Fsp3) is 0.968. The Balaban J connectivity index is 2.10. The second-order valence-electron chi connectivity index (χ2n) is 13.3. The quantitative estimate of drug-likeness (QED) is 0.166. The van der Waals surface area contributed by atoms with Crippen LogP contribution >= 0.6 is 0 Å². The van der Waals surface area contributed by atoms with Crippen LogP contribution in [0.1, 0.15) is 158 Å². The third-order valence-electron chi connectivity index (χ3n) is 7.69. The molecule has 1 fully saturated rings.